The van der Waals surface area contributed by atoms with E-state index < -0.39 is 0 Å². The summed E-state index contributed by atoms with van der Waals surface area (Å²) in [6, 6.07) is 11.5. The highest BCUT2D eigenvalue weighted by atomic mass is 19.1. The molecular weight excluding hydrogens is 231 g/mol. The van der Waals surface area contributed by atoms with Crippen LogP contribution in [0.2, 0.25) is 0 Å². The lowest BCUT2D eigenvalue weighted by molar-refractivity contribution is 0.478. The Morgan fingerprint density at radius 2 is 2.00 bits per heavy atom. The maximum atomic E-state index is 13.1. The van der Waals surface area contributed by atoms with E-state index in [4.69, 9.17) is 5.73 Å². The van der Waals surface area contributed by atoms with E-state index in [9.17, 15) is 9.50 Å². The Morgan fingerprint density at radius 1 is 1.22 bits per heavy atom. The highest BCUT2D eigenvalue weighted by Crippen LogP contribution is 2.22. The summed E-state index contributed by atoms with van der Waals surface area (Å²) in [6.07, 6.45) is 0. The van der Waals surface area contributed by atoms with Crippen molar-refractivity contribution in [1.29, 1.82) is 0 Å². The molecule has 0 heterocycles. The Morgan fingerprint density at radius 3 is 2.67 bits per heavy atom. The van der Waals surface area contributed by atoms with Crippen molar-refractivity contribution in [2.45, 2.75) is 6.54 Å². The van der Waals surface area contributed by atoms with Crippen LogP contribution in [0.1, 0.15) is 5.56 Å². The van der Waals surface area contributed by atoms with Gasteiger partial charge in [-0.25, -0.2) is 4.39 Å². The minimum absolute atomic E-state index is 0.0761. The second kappa shape index (κ2) is 4.96. The summed E-state index contributed by atoms with van der Waals surface area (Å²) in [5.74, 6) is -0.184. The number of nitrogen functional groups attached to an aromatic ring is 1. The van der Waals surface area contributed by atoms with Crippen molar-refractivity contribution in [3.63, 3.8) is 0 Å². The Hall–Kier alpha value is -2.23. The summed E-state index contributed by atoms with van der Waals surface area (Å²) in [6.45, 7) is 0.591. The summed E-state index contributed by atoms with van der Waals surface area (Å²) < 4.78 is 13.1. The molecule has 0 aliphatic carbocycles. The fourth-order valence-corrected chi connectivity index (χ4v) is 1.78. The molecule has 0 aliphatic heterocycles. The number of benzene rings is 2. The van der Waals surface area contributed by atoms with Crippen molar-refractivity contribution in [2.75, 3.05) is 17.7 Å². The van der Waals surface area contributed by atoms with Gasteiger partial charge in [-0.15, -0.1) is 0 Å². The van der Waals surface area contributed by atoms with Crippen LogP contribution >= 0.6 is 0 Å². The molecule has 0 bridgehead atoms. The largest absolute Gasteiger partial charge is 0.506 e. The molecule has 3 nitrogen and oxygen atoms in total. The molecule has 0 saturated carbocycles. The van der Waals surface area contributed by atoms with Crippen LogP contribution in [0.3, 0.4) is 0 Å². The maximum Gasteiger partial charge on any atom is 0.138 e. The first kappa shape index (κ1) is 12.2. The Balaban J connectivity index is 2.16. The normalized spacial score (nSPS) is 10.3. The molecule has 2 aromatic carbocycles. The van der Waals surface area contributed by atoms with Crippen LogP contribution in [-0.4, -0.2) is 12.2 Å². The van der Waals surface area contributed by atoms with Gasteiger partial charge in [0.1, 0.15) is 11.6 Å². The first-order chi connectivity index (χ1) is 8.56. The molecule has 0 aromatic heterocycles. The second-order valence-electron chi connectivity index (χ2n) is 4.23. The van der Waals surface area contributed by atoms with Gasteiger partial charge in [0, 0.05) is 19.3 Å². The molecule has 0 spiro atoms. The molecule has 4 heteroatoms. The number of nitrogens with two attached hydrogens (primary N) is 1. The van der Waals surface area contributed by atoms with Gasteiger partial charge in [0.25, 0.3) is 0 Å². The van der Waals surface area contributed by atoms with Crippen molar-refractivity contribution in [3.8, 4) is 5.75 Å². The molecule has 94 valence electrons. The average Bonchev–Trinajstić information content (AvgIpc) is 2.34. The number of phenolic OH excluding ortho intramolecular Hbond substituents is 1. The summed E-state index contributed by atoms with van der Waals surface area (Å²) in [5.41, 5.74) is 7.73. The third kappa shape index (κ3) is 2.71. The van der Waals surface area contributed by atoms with Gasteiger partial charge in [-0.3, -0.25) is 0 Å². The molecule has 0 amide bonds. The topological polar surface area (TPSA) is 49.5 Å². The summed E-state index contributed by atoms with van der Waals surface area (Å²) in [5, 5.41) is 9.34. The van der Waals surface area contributed by atoms with Crippen LogP contribution in [0.4, 0.5) is 15.8 Å². The van der Waals surface area contributed by atoms with E-state index in [1.165, 1.54) is 12.1 Å². The van der Waals surface area contributed by atoms with Gasteiger partial charge in [-0.1, -0.05) is 12.1 Å². The van der Waals surface area contributed by atoms with Crippen LogP contribution in [0.25, 0.3) is 0 Å². The predicted molar refractivity (Wildman–Crippen MR) is 71.0 cm³/mol. The highest BCUT2D eigenvalue weighted by Gasteiger charge is 2.05. The van der Waals surface area contributed by atoms with Gasteiger partial charge >= 0.3 is 0 Å². The van der Waals surface area contributed by atoms with Gasteiger partial charge < -0.3 is 15.7 Å². The first-order valence-corrected chi connectivity index (χ1v) is 5.60. The summed E-state index contributed by atoms with van der Waals surface area (Å²) >= 11 is 0. The van der Waals surface area contributed by atoms with E-state index in [0.717, 1.165) is 11.3 Å². The molecule has 3 N–H and O–H groups in total. The number of hydrogen-bond acceptors (Lipinski definition) is 3. The number of rotatable bonds is 3. The third-order valence-electron chi connectivity index (χ3n) is 2.76. The molecule has 0 fully saturated rings. The molecule has 0 radical (unpaired) electrons. The van der Waals surface area contributed by atoms with Crippen molar-refractivity contribution in [1.82, 2.24) is 0 Å². The molecule has 0 unspecified atom stereocenters. The lowest BCUT2D eigenvalue weighted by Crippen LogP contribution is -2.16. The Labute approximate surface area is 105 Å². The van der Waals surface area contributed by atoms with Crippen molar-refractivity contribution >= 4 is 11.4 Å². The fourth-order valence-electron chi connectivity index (χ4n) is 1.78. The van der Waals surface area contributed by atoms with Gasteiger partial charge in [-0.05, 0) is 35.9 Å². The van der Waals surface area contributed by atoms with Crippen LogP contribution in [0.15, 0.2) is 42.5 Å². The van der Waals surface area contributed by atoms with Crippen LogP contribution in [0.5, 0.6) is 5.75 Å². The molecule has 0 saturated heterocycles. The molecule has 18 heavy (non-hydrogen) atoms. The number of phenols is 1. The van der Waals surface area contributed by atoms with E-state index in [1.807, 2.05) is 18.0 Å². The van der Waals surface area contributed by atoms with Crippen molar-refractivity contribution in [3.05, 3.63) is 53.8 Å². The molecular formula is C14H15FN2O. The van der Waals surface area contributed by atoms with E-state index in [2.05, 4.69) is 0 Å². The SMILES string of the molecule is CN(Cc1ccc(O)c(N)c1)c1cccc(F)c1. The van der Waals surface area contributed by atoms with Gasteiger partial charge in [0.2, 0.25) is 0 Å². The number of anilines is 2. The van der Waals surface area contributed by atoms with Gasteiger partial charge in [0.15, 0.2) is 0 Å². The Bertz CT molecular complexity index is 557. The monoisotopic (exact) mass is 246 g/mol. The lowest BCUT2D eigenvalue weighted by atomic mass is 10.1. The number of nitrogens with zero attached hydrogens (tertiary/aromatic N) is 1. The molecule has 0 atom stereocenters. The smallest absolute Gasteiger partial charge is 0.138 e. The number of halogens is 1. The maximum absolute atomic E-state index is 13.1. The van der Waals surface area contributed by atoms with Crippen molar-refractivity contribution < 1.29 is 9.50 Å². The second-order valence-corrected chi connectivity index (χ2v) is 4.23. The third-order valence-corrected chi connectivity index (χ3v) is 2.76. The summed E-state index contributed by atoms with van der Waals surface area (Å²) in [7, 11) is 1.87. The Kier molecular flexibility index (Phi) is 3.37. The quantitative estimate of drug-likeness (QED) is 0.646. The standard InChI is InChI=1S/C14H15FN2O/c1-17(12-4-2-3-11(15)8-12)9-10-5-6-14(18)13(16)7-10/h2-8,18H,9,16H2,1H3. The zero-order valence-corrected chi connectivity index (χ0v) is 10.1. The molecule has 2 rings (SSSR count). The fraction of sp³-hybridized carbons (Fsp3) is 0.143. The summed E-state index contributed by atoms with van der Waals surface area (Å²) in [4.78, 5) is 1.91. The van der Waals surface area contributed by atoms with Crippen LogP contribution in [-0.2, 0) is 6.54 Å². The first-order valence-electron chi connectivity index (χ1n) is 5.60. The van der Waals surface area contributed by atoms with E-state index in [-0.39, 0.29) is 11.6 Å². The van der Waals surface area contributed by atoms with E-state index >= 15 is 0 Å². The van der Waals surface area contributed by atoms with Gasteiger partial charge in [-0.2, -0.15) is 0 Å². The van der Waals surface area contributed by atoms with Crippen molar-refractivity contribution in [2.24, 2.45) is 0 Å². The number of hydrogen-bond donors (Lipinski definition) is 2. The number of aromatic hydroxyl groups is 1. The van der Waals surface area contributed by atoms with Gasteiger partial charge in [0.05, 0.1) is 5.69 Å². The molecule has 2 aromatic rings. The zero-order chi connectivity index (χ0) is 13.1. The predicted octanol–water partition coefficient (Wildman–Crippen LogP) is 2.75. The molecule has 0 aliphatic rings. The van der Waals surface area contributed by atoms with E-state index in [1.54, 1.807) is 24.3 Å². The lowest BCUT2D eigenvalue weighted by Gasteiger charge is -2.19. The zero-order valence-electron chi connectivity index (χ0n) is 10.1. The van der Waals surface area contributed by atoms with Crippen LogP contribution < -0.4 is 10.6 Å². The highest BCUT2D eigenvalue weighted by molar-refractivity contribution is 5.54. The minimum atomic E-state index is -0.260. The minimum Gasteiger partial charge on any atom is -0.506 e. The van der Waals surface area contributed by atoms with Crippen LogP contribution in [0, 0.1) is 5.82 Å². The average molecular weight is 246 g/mol. The van der Waals surface area contributed by atoms with E-state index in [0.29, 0.717) is 12.2 Å².